The molecule has 8 heterocycles. The highest BCUT2D eigenvalue weighted by Crippen LogP contribution is 2.36. The fourth-order valence-electron chi connectivity index (χ4n) is 12.6. The van der Waals surface area contributed by atoms with E-state index in [1.807, 2.05) is 78.9 Å². The van der Waals surface area contributed by atoms with E-state index >= 15 is 0 Å². The van der Waals surface area contributed by atoms with E-state index in [0.29, 0.717) is 121 Å². The van der Waals surface area contributed by atoms with Crippen molar-refractivity contribution in [2.24, 2.45) is 0 Å². The quantitative estimate of drug-likeness (QED) is 0.0373. The third-order valence-electron chi connectivity index (χ3n) is 19.2. The molecule has 8 amide bonds. The van der Waals surface area contributed by atoms with Gasteiger partial charge in [0.25, 0.3) is 47.3 Å². The van der Waals surface area contributed by atoms with E-state index in [4.69, 9.17) is 92.8 Å². The third kappa shape index (κ3) is 25.4. The van der Waals surface area contributed by atoms with Gasteiger partial charge in [0.05, 0.1) is 121 Å². The summed E-state index contributed by atoms with van der Waals surface area (Å²) in [5, 5.41) is 22.1. The molecule has 0 atom stereocenters. The molecule has 16 rings (SSSR count). The van der Waals surface area contributed by atoms with Crippen LogP contribution in [0, 0.1) is 0 Å². The lowest BCUT2D eigenvalue weighted by molar-refractivity contribution is 0.0768. The number of rotatable bonds is 20. The molecule has 0 spiro atoms. The summed E-state index contributed by atoms with van der Waals surface area (Å²) in [4.78, 5) is 132. The Hall–Kier alpha value is -14.2. The van der Waals surface area contributed by atoms with Gasteiger partial charge in [-0.05, 0) is 231 Å². The van der Waals surface area contributed by atoms with Gasteiger partial charge in [-0.3, -0.25) is 73.2 Å². The number of anilines is 6. The van der Waals surface area contributed by atoms with E-state index in [9.17, 15) is 46.8 Å². The Labute approximate surface area is 784 Å². The highest BCUT2D eigenvalue weighted by Gasteiger charge is 2.28. The molecule has 7 N–H and O–H groups in total. The predicted molar refractivity (Wildman–Crippen MR) is 511 cm³/mol. The number of nitrogens with zero attached hydrogens (tertiary/aromatic N) is 8. The van der Waals surface area contributed by atoms with Crippen LogP contribution in [0.3, 0.4) is 0 Å². The van der Waals surface area contributed by atoms with Crippen LogP contribution in [0.25, 0.3) is 45.0 Å². The zero-order chi connectivity index (χ0) is 91.8. The summed E-state index contributed by atoms with van der Waals surface area (Å²) in [5.74, 6) is -3.14. The van der Waals surface area contributed by atoms with Crippen molar-refractivity contribution >= 4 is 184 Å². The maximum Gasteiger partial charge on any atom is 0.257 e. The van der Waals surface area contributed by atoms with E-state index in [-0.39, 0.29) is 97.1 Å². The monoisotopic (exact) mass is 1900 g/mol. The minimum absolute atomic E-state index is 0.0610. The molecule has 34 heteroatoms. The molecular weight excluding hydrogens is 1840 g/mol. The first-order chi connectivity index (χ1) is 62.8. The largest absolute Gasteiger partial charge is 0.346 e. The highest BCUT2D eigenvalue weighted by molar-refractivity contribution is 7.91. The highest BCUT2D eigenvalue weighted by atomic mass is 35.5. The smallest absolute Gasteiger partial charge is 0.257 e. The summed E-state index contributed by atoms with van der Waals surface area (Å²) in [6.07, 6.45) is 14.6. The zero-order valence-corrected chi connectivity index (χ0v) is 74.5. The molecule has 0 radical (unpaired) electrons. The Morgan fingerprint density at radius 3 is 0.946 bits per heavy atom. The van der Waals surface area contributed by atoms with E-state index in [0.717, 1.165) is 5.69 Å². The van der Waals surface area contributed by atoms with Crippen molar-refractivity contribution in [3.05, 3.63) is 407 Å². The normalized spacial score (nSPS) is 11.6. The number of halogens is 8. The topological polar surface area (TPSA) is 348 Å². The molecule has 1 aliphatic rings. The molecule has 1 fully saturated rings. The Balaban J connectivity index is 0.000000148. The standard InChI is InChI=1S/C25H18Cl2N4O2.2C24H16Cl2N4O2.C23H19Cl2N3O4S/c26-21-10-8-17(14-20(21)23-6-2-4-12-29-23)31-25(33)19-9-7-16(13-22(19)27)24(32)30-15-18-5-1-3-11-28-18;25-20-9-7-16(13-19(20)22-5-1-2-11-28-22)29-24(32)18-8-6-15(12-21(18)26)23(31)30-17-4-3-10-27-14-17;25-20-7-5-17(14-19(20)22-3-1-2-10-28-22)30-24(32)18-6-4-15(13-21(18)26)23(31)29-16-8-11-27-12-9-16;24-19-7-5-16(14-18(19)21-3-1-2-8-26-21)27-22(29)17-6-4-15(13-20(17)25)23(30)28-9-11-33(31,32)12-10-28/h1-14H,15H2,(H,30,32)(H,31,33);1-14H,(H,29,32)(H,30,31);1-14H,(H,30,32)(H,27,29,31);1-8,13-14H,9-12H2,(H,27,29). The lowest BCUT2D eigenvalue weighted by Crippen LogP contribution is -2.43. The molecule has 130 heavy (non-hydrogen) atoms. The fraction of sp³-hybridized carbons (Fsp3) is 0.0521. The minimum atomic E-state index is -3.10. The van der Waals surface area contributed by atoms with Gasteiger partial charge in [0.15, 0.2) is 9.84 Å². The van der Waals surface area contributed by atoms with Crippen molar-refractivity contribution in [1.29, 1.82) is 0 Å². The molecule has 1 saturated heterocycles. The van der Waals surface area contributed by atoms with Crippen molar-refractivity contribution in [2.45, 2.75) is 6.54 Å². The second-order valence-corrected chi connectivity index (χ2v) is 33.6. The second-order valence-electron chi connectivity index (χ2n) is 28.1. The average Bonchev–Trinajstić information content (AvgIpc) is 0.826. The van der Waals surface area contributed by atoms with Crippen LogP contribution < -0.4 is 37.2 Å². The molecule has 25 nitrogen and oxygen atoms in total. The van der Waals surface area contributed by atoms with E-state index in [2.05, 4.69) is 72.1 Å². The maximum absolute atomic E-state index is 12.8. The van der Waals surface area contributed by atoms with Crippen LogP contribution in [0.1, 0.15) is 88.6 Å². The number of sulfone groups is 1. The van der Waals surface area contributed by atoms with Gasteiger partial charge >= 0.3 is 0 Å². The van der Waals surface area contributed by atoms with E-state index < -0.39 is 33.5 Å². The summed E-state index contributed by atoms with van der Waals surface area (Å²) in [6, 6.07) is 72.6. The fourth-order valence-corrected chi connectivity index (χ4v) is 15.7. The molecule has 0 aliphatic carbocycles. The van der Waals surface area contributed by atoms with Crippen molar-refractivity contribution in [1.82, 2.24) is 45.1 Å². The number of hydrogen-bond acceptors (Lipinski definition) is 17. The van der Waals surface area contributed by atoms with Gasteiger partial charge in [-0.15, -0.1) is 0 Å². The van der Waals surface area contributed by atoms with E-state index in [1.165, 1.54) is 71.8 Å². The molecule has 0 unspecified atom stereocenters. The van der Waals surface area contributed by atoms with Gasteiger partial charge < -0.3 is 42.1 Å². The number of carbonyl (C=O) groups is 8. The van der Waals surface area contributed by atoms with Crippen LogP contribution >= 0.6 is 92.8 Å². The first kappa shape index (κ1) is 93.5. The van der Waals surface area contributed by atoms with Gasteiger partial charge in [-0.2, -0.15) is 0 Å². The summed E-state index contributed by atoms with van der Waals surface area (Å²) >= 11 is 50.4. The number of nitrogens with one attached hydrogen (secondary N) is 7. The number of benzene rings is 8. The maximum atomic E-state index is 12.8. The van der Waals surface area contributed by atoms with Crippen LogP contribution in [0.5, 0.6) is 0 Å². The minimum Gasteiger partial charge on any atom is -0.346 e. The molecule has 8 aromatic carbocycles. The predicted octanol–water partition coefficient (Wildman–Crippen LogP) is 21.7. The third-order valence-corrected chi connectivity index (χ3v) is 23.4. The molecule has 7 aromatic heterocycles. The second kappa shape index (κ2) is 44.5. The van der Waals surface area contributed by atoms with Crippen molar-refractivity contribution < 1.29 is 46.8 Å². The van der Waals surface area contributed by atoms with Crippen LogP contribution in [-0.4, -0.2) is 120 Å². The lowest BCUT2D eigenvalue weighted by Gasteiger charge is -2.26. The van der Waals surface area contributed by atoms with Gasteiger partial charge in [0.2, 0.25) is 0 Å². The molecule has 0 bridgehead atoms. The number of pyridine rings is 7. The number of aromatic nitrogens is 7. The van der Waals surface area contributed by atoms with Crippen LogP contribution in [0.2, 0.25) is 40.2 Å². The first-order valence-electron chi connectivity index (χ1n) is 39.1. The van der Waals surface area contributed by atoms with Gasteiger partial charge in [0, 0.05) is 136 Å². The Morgan fingerprint density at radius 1 is 0.285 bits per heavy atom. The number of carbonyl (C=O) groups excluding carboxylic acids is 8. The summed E-state index contributed by atoms with van der Waals surface area (Å²) < 4.78 is 23.2. The zero-order valence-electron chi connectivity index (χ0n) is 67.6. The van der Waals surface area contributed by atoms with Gasteiger partial charge in [-0.1, -0.05) is 123 Å². The molecule has 0 saturated carbocycles. The van der Waals surface area contributed by atoms with Gasteiger partial charge in [-0.25, -0.2) is 8.42 Å². The Kier molecular flexibility index (Phi) is 32.0. The molecule has 15 aromatic rings. The van der Waals surface area contributed by atoms with Gasteiger partial charge in [0.1, 0.15) is 0 Å². The lowest BCUT2D eigenvalue weighted by atomic mass is 10.1. The first-order valence-corrected chi connectivity index (χ1v) is 44.0. The molecular formula is C96H69Cl8N15O10S. The van der Waals surface area contributed by atoms with Crippen LogP contribution in [-0.2, 0) is 16.4 Å². The summed E-state index contributed by atoms with van der Waals surface area (Å²) in [5.41, 5.74) is 11.7. The average molecular weight is 1910 g/mol. The van der Waals surface area contributed by atoms with E-state index in [1.54, 1.807) is 171 Å². The molecule has 1 aliphatic heterocycles. The molecule has 650 valence electrons. The van der Waals surface area contributed by atoms with Crippen molar-refractivity contribution in [3.8, 4) is 45.0 Å². The Bertz CT molecular complexity index is 6610. The van der Waals surface area contributed by atoms with Crippen LogP contribution in [0.15, 0.2) is 317 Å². The van der Waals surface area contributed by atoms with Crippen molar-refractivity contribution in [2.75, 3.05) is 56.5 Å². The number of hydrogen-bond donors (Lipinski definition) is 7. The summed E-state index contributed by atoms with van der Waals surface area (Å²) in [6.45, 7) is 0.557. The Morgan fingerprint density at radius 2 is 0.615 bits per heavy atom. The van der Waals surface area contributed by atoms with Crippen molar-refractivity contribution in [3.63, 3.8) is 0 Å². The van der Waals surface area contributed by atoms with Crippen LogP contribution in [0.4, 0.5) is 34.1 Å². The number of amides is 8. The SMILES string of the molecule is O=C(NCc1ccccn1)c1ccc(C(=O)Nc2ccc(Cl)c(-c3ccccn3)c2)c(Cl)c1.O=C(Nc1ccc(Cl)c(-c2ccccn2)c1)c1ccc(C(=O)N2CCS(=O)(=O)CC2)cc1Cl.O=C(Nc1cccnc1)c1ccc(C(=O)Nc2ccc(Cl)c(-c3ccccn3)c2)c(Cl)c1.O=C(Nc1ccncc1)c1ccc(C(=O)Nc2ccc(Cl)c(-c3ccccn3)c2)c(Cl)c1. The summed E-state index contributed by atoms with van der Waals surface area (Å²) in [7, 11) is -3.10.